The van der Waals surface area contributed by atoms with Crippen LogP contribution in [0.2, 0.25) is 10.0 Å². The molecule has 0 radical (unpaired) electrons. The molecule has 0 aromatic heterocycles. The number of nitrogens with zero attached hydrogens (tertiary/aromatic N) is 1. The molecule has 1 aliphatic heterocycles. The van der Waals surface area contributed by atoms with Crippen molar-refractivity contribution in [2.75, 3.05) is 19.6 Å². The van der Waals surface area contributed by atoms with E-state index in [1.165, 1.54) is 12.0 Å². The highest BCUT2D eigenvalue weighted by molar-refractivity contribution is 6.35. The van der Waals surface area contributed by atoms with Gasteiger partial charge in [-0.15, -0.1) is 0 Å². The number of halogens is 2. The first-order valence-corrected chi connectivity index (χ1v) is 8.68. The van der Waals surface area contributed by atoms with E-state index < -0.39 is 0 Å². The minimum absolute atomic E-state index is 0.610. The van der Waals surface area contributed by atoms with Crippen LogP contribution in [0.3, 0.4) is 0 Å². The number of hydrogen-bond acceptors (Lipinski definition) is 2. The largest absolute Gasteiger partial charge is 0.311 e. The van der Waals surface area contributed by atoms with Crippen molar-refractivity contribution in [3.8, 4) is 0 Å². The van der Waals surface area contributed by atoms with E-state index in [1.807, 2.05) is 12.1 Å². The van der Waals surface area contributed by atoms with Gasteiger partial charge in [0.15, 0.2) is 0 Å². The second-order valence-electron chi connectivity index (χ2n) is 6.31. The van der Waals surface area contributed by atoms with Crippen LogP contribution in [0.4, 0.5) is 0 Å². The number of nitrogens with one attached hydrogen (secondary N) is 1. The summed E-state index contributed by atoms with van der Waals surface area (Å²) in [6, 6.07) is 7.04. The first kappa shape index (κ1) is 17.1. The van der Waals surface area contributed by atoms with Crippen molar-refractivity contribution in [1.82, 2.24) is 10.2 Å². The van der Waals surface area contributed by atoms with Crippen LogP contribution >= 0.6 is 23.2 Å². The molecule has 0 amide bonds. The van der Waals surface area contributed by atoms with Gasteiger partial charge in [0, 0.05) is 41.8 Å². The quantitative estimate of drug-likeness (QED) is 0.869. The molecule has 0 aliphatic carbocycles. The molecule has 0 spiro atoms. The van der Waals surface area contributed by atoms with Crippen molar-refractivity contribution in [2.24, 2.45) is 5.92 Å². The minimum atomic E-state index is 0.610. The van der Waals surface area contributed by atoms with Crippen molar-refractivity contribution in [1.29, 1.82) is 0 Å². The summed E-state index contributed by atoms with van der Waals surface area (Å²) < 4.78 is 0. The van der Waals surface area contributed by atoms with Crippen molar-refractivity contribution >= 4 is 23.2 Å². The summed E-state index contributed by atoms with van der Waals surface area (Å²) in [6.07, 6.45) is 2.17. The van der Waals surface area contributed by atoms with Gasteiger partial charge in [0.25, 0.3) is 0 Å². The van der Waals surface area contributed by atoms with Crippen LogP contribution in [-0.4, -0.2) is 36.6 Å². The van der Waals surface area contributed by atoms with Crippen molar-refractivity contribution in [3.63, 3.8) is 0 Å². The third-order valence-corrected chi connectivity index (χ3v) is 5.07. The number of piperazine rings is 1. The van der Waals surface area contributed by atoms with Crippen LogP contribution in [-0.2, 0) is 6.42 Å². The Hall–Kier alpha value is -0.280. The van der Waals surface area contributed by atoms with Gasteiger partial charge >= 0.3 is 0 Å². The highest BCUT2D eigenvalue weighted by Gasteiger charge is 2.28. The standard InChI is InChI=1S/C17H26Cl2N2/c1-4-15-11-21(17(10-20-15)12(2)3)8-7-13-5-6-14(18)9-16(13)19/h5-6,9,12,15,17,20H,4,7-8,10-11H2,1-3H3. The Morgan fingerprint density at radius 3 is 2.71 bits per heavy atom. The van der Waals surface area contributed by atoms with Crippen molar-refractivity contribution < 1.29 is 0 Å². The van der Waals surface area contributed by atoms with Crippen LogP contribution in [0.5, 0.6) is 0 Å². The first-order chi connectivity index (χ1) is 10.0. The molecular weight excluding hydrogens is 303 g/mol. The molecule has 1 aliphatic rings. The Labute approximate surface area is 138 Å². The summed E-state index contributed by atoms with van der Waals surface area (Å²) in [7, 11) is 0. The maximum atomic E-state index is 6.29. The van der Waals surface area contributed by atoms with Crippen molar-refractivity contribution in [2.45, 2.75) is 45.7 Å². The second-order valence-corrected chi connectivity index (χ2v) is 7.15. The second kappa shape index (κ2) is 7.82. The molecule has 21 heavy (non-hydrogen) atoms. The van der Waals surface area contributed by atoms with E-state index in [2.05, 4.69) is 37.1 Å². The molecule has 1 N–H and O–H groups in total. The fourth-order valence-electron chi connectivity index (χ4n) is 3.08. The lowest BCUT2D eigenvalue weighted by molar-refractivity contribution is 0.0985. The number of rotatable bonds is 5. The molecule has 1 heterocycles. The normalized spacial score (nSPS) is 23.7. The van der Waals surface area contributed by atoms with Gasteiger partial charge in [-0.1, -0.05) is 50.0 Å². The zero-order chi connectivity index (χ0) is 15.4. The van der Waals surface area contributed by atoms with Gasteiger partial charge in [0.1, 0.15) is 0 Å². The predicted molar refractivity (Wildman–Crippen MR) is 92.4 cm³/mol. The predicted octanol–water partition coefficient (Wildman–Crippen LogP) is 4.24. The summed E-state index contributed by atoms with van der Waals surface area (Å²) in [4.78, 5) is 2.63. The van der Waals surface area contributed by atoms with Gasteiger partial charge in [-0.2, -0.15) is 0 Å². The fraction of sp³-hybridized carbons (Fsp3) is 0.647. The van der Waals surface area contributed by atoms with Gasteiger partial charge in [-0.25, -0.2) is 0 Å². The molecule has 1 saturated heterocycles. The highest BCUT2D eigenvalue weighted by atomic mass is 35.5. The van der Waals surface area contributed by atoms with E-state index in [0.717, 1.165) is 31.1 Å². The summed E-state index contributed by atoms with van der Waals surface area (Å²) in [5.41, 5.74) is 1.19. The number of hydrogen-bond donors (Lipinski definition) is 1. The summed E-state index contributed by atoms with van der Waals surface area (Å²) in [5, 5.41) is 5.15. The first-order valence-electron chi connectivity index (χ1n) is 7.92. The smallest absolute Gasteiger partial charge is 0.0453 e. The van der Waals surface area contributed by atoms with E-state index in [9.17, 15) is 0 Å². The monoisotopic (exact) mass is 328 g/mol. The molecule has 2 unspecified atom stereocenters. The summed E-state index contributed by atoms with van der Waals surface area (Å²) >= 11 is 12.3. The maximum Gasteiger partial charge on any atom is 0.0453 e. The SMILES string of the molecule is CCC1CN(CCc2ccc(Cl)cc2Cl)C(C(C)C)CN1. The third-order valence-electron chi connectivity index (χ3n) is 4.49. The topological polar surface area (TPSA) is 15.3 Å². The van der Waals surface area contributed by atoms with Gasteiger partial charge in [0.05, 0.1) is 0 Å². The fourth-order valence-corrected chi connectivity index (χ4v) is 3.58. The molecule has 118 valence electrons. The Bertz CT molecular complexity index is 462. The summed E-state index contributed by atoms with van der Waals surface area (Å²) in [6.45, 7) is 10.1. The molecule has 0 saturated carbocycles. The van der Waals surface area contributed by atoms with Gasteiger partial charge in [-0.3, -0.25) is 4.90 Å². The van der Waals surface area contributed by atoms with E-state index >= 15 is 0 Å². The lowest BCUT2D eigenvalue weighted by Gasteiger charge is -2.42. The zero-order valence-electron chi connectivity index (χ0n) is 13.2. The van der Waals surface area contributed by atoms with Crippen LogP contribution in [0, 0.1) is 5.92 Å². The average molecular weight is 329 g/mol. The van der Waals surface area contributed by atoms with Gasteiger partial charge in [0.2, 0.25) is 0 Å². The van der Waals surface area contributed by atoms with Crippen molar-refractivity contribution in [3.05, 3.63) is 33.8 Å². The van der Waals surface area contributed by atoms with Crippen LogP contribution in [0.1, 0.15) is 32.8 Å². The molecule has 1 fully saturated rings. The van der Waals surface area contributed by atoms with Crippen LogP contribution < -0.4 is 5.32 Å². The molecule has 2 nitrogen and oxygen atoms in total. The molecule has 2 rings (SSSR count). The average Bonchev–Trinajstić information content (AvgIpc) is 2.45. The number of benzene rings is 1. The lowest BCUT2D eigenvalue weighted by atomic mass is 9.97. The van der Waals surface area contributed by atoms with E-state index in [1.54, 1.807) is 0 Å². The molecule has 0 bridgehead atoms. The summed E-state index contributed by atoms with van der Waals surface area (Å²) in [5.74, 6) is 0.663. The van der Waals surface area contributed by atoms with E-state index in [0.29, 0.717) is 23.0 Å². The van der Waals surface area contributed by atoms with E-state index in [-0.39, 0.29) is 0 Å². The highest BCUT2D eigenvalue weighted by Crippen LogP contribution is 2.23. The van der Waals surface area contributed by atoms with Gasteiger partial charge < -0.3 is 5.32 Å². The maximum absolute atomic E-state index is 6.29. The third kappa shape index (κ3) is 4.59. The van der Waals surface area contributed by atoms with Crippen LogP contribution in [0.25, 0.3) is 0 Å². The minimum Gasteiger partial charge on any atom is -0.311 e. The lowest BCUT2D eigenvalue weighted by Crippen LogP contribution is -2.58. The molecule has 1 aromatic carbocycles. The molecule has 2 atom stereocenters. The Morgan fingerprint density at radius 2 is 2.10 bits per heavy atom. The van der Waals surface area contributed by atoms with E-state index in [4.69, 9.17) is 23.2 Å². The van der Waals surface area contributed by atoms with Gasteiger partial charge in [-0.05, 0) is 36.5 Å². The molecular formula is C17H26Cl2N2. The Kier molecular flexibility index (Phi) is 6.36. The van der Waals surface area contributed by atoms with Crippen LogP contribution in [0.15, 0.2) is 18.2 Å². The Balaban J connectivity index is 2.00. The molecule has 4 heteroatoms. The Morgan fingerprint density at radius 1 is 1.33 bits per heavy atom. The molecule has 1 aromatic rings. The zero-order valence-corrected chi connectivity index (χ0v) is 14.7.